The summed E-state index contributed by atoms with van der Waals surface area (Å²) >= 11 is 0. The molecule has 1 fully saturated rings. The fraction of sp³-hybridized carbons (Fsp3) is 0.800. The number of amides is 2. The summed E-state index contributed by atoms with van der Waals surface area (Å²) in [6.45, 7) is 1.64. The third-order valence-electron chi connectivity index (χ3n) is 2.51. The van der Waals surface area contributed by atoms with Crippen molar-refractivity contribution in [1.82, 2.24) is 9.80 Å². The number of hydrogen-bond donors (Lipinski definition) is 0. The highest BCUT2D eigenvalue weighted by atomic mass is 16.2. The Balaban J connectivity index is 2.37. The fourth-order valence-electron chi connectivity index (χ4n) is 1.54. The van der Waals surface area contributed by atoms with Gasteiger partial charge in [0, 0.05) is 27.2 Å². The van der Waals surface area contributed by atoms with E-state index in [1.54, 1.807) is 19.0 Å². The fourth-order valence-corrected chi connectivity index (χ4v) is 1.54. The van der Waals surface area contributed by atoms with Crippen molar-refractivity contribution >= 4 is 11.8 Å². The molecule has 0 unspecified atom stereocenters. The van der Waals surface area contributed by atoms with Gasteiger partial charge in [0.1, 0.15) is 6.42 Å². The van der Waals surface area contributed by atoms with Crippen LogP contribution in [0.15, 0.2) is 0 Å². The van der Waals surface area contributed by atoms with E-state index >= 15 is 0 Å². The molecule has 1 heterocycles. The minimum Gasteiger partial charge on any atom is -0.348 e. The zero-order chi connectivity index (χ0) is 10.6. The Morgan fingerprint density at radius 2 is 1.71 bits per heavy atom. The van der Waals surface area contributed by atoms with Crippen LogP contribution >= 0.6 is 0 Å². The topological polar surface area (TPSA) is 40.6 Å². The van der Waals surface area contributed by atoms with Gasteiger partial charge in [-0.15, -0.1) is 0 Å². The smallest absolute Gasteiger partial charge is 0.232 e. The first kappa shape index (κ1) is 11.0. The number of nitrogens with zero attached hydrogens (tertiary/aromatic N) is 2. The monoisotopic (exact) mass is 198 g/mol. The molecule has 0 aliphatic carbocycles. The molecule has 0 atom stereocenters. The van der Waals surface area contributed by atoms with E-state index in [4.69, 9.17) is 0 Å². The molecule has 4 nitrogen and oxygen atoms in total. The van der Waals surface area contributed by atoms with Crippen molar-refractivity contribution in [2.24, 2.45) is 0 Å². The maximum atomic E-state index is 11.6. The average Bonchev–Trinajstić information content (AvgIpc) is 2.19. The summed E-state index contributed by atoms with van der Waals surface area (Å²) in [5.74, 6) is -0.135. The molecular formula is C10H18N2O2. The lowest BCUT2D eigenvalue weighted by molar-refractivity contribution is -0.139. The molecule has 0 radical (unpaired) electrons. The van der Waals surface area contributed by atoms with E-state index in [2.05, 4.69) is 0 Å². The Hall–Kier alpha value is -1.06. The largest absolute Gasteiger partial charge is 0.348 e. The molecule has 1 aliphatic rings. The molecule has 80 valence electrons. The van der Waals surface area contributed by atoms with Crippen molar-refractivity contribution in [2.45, 2.75) is 25.7 Å². The van der Waals surface area contributed by atoms with Crippen LogP contribution in [0.2, 0.25) is 0 Å². The molecule has 0 saturated carbocycles. The van der Waals surface area contributed by atoms with E-state index in [1.165, 1.54) is 11.3 Å². The first-order chi connectivity index (χ1) is 6.61. The first-order valence-electron chi connectivity index (χ1n) is 5.09. The lowest BCUT2D eigenvalue weighted by Crippen LogP contribution is -2.38. The SMILES string of the molecule is CN(C)C(=O)CC(=O)N1CCCCC1. The predicted molar refractivity (Wildman–Crippen MR) is 53.7 cm³/mol. The third-order valence-corrected chi connectivity index (χ3v) is 2.51. The van der Waals surface area contributed by atoms with Crippen LogP contribution < -0.4 is 0 Å². The summed E-state index contributed by atoms with van der Waals surface area (Å²) in [6.07, 6.45) is 3.36. The van der Waals surface area contributed by atoms with E-state index < -0.39 is 0 Å². The number of hydrogen-bond acceptors (Lipinski definition) is 2. The number of piperidine rings is 1. The van der Waals surface area contributed by atoms with Crippen molar-refractivity contribution < 1.29 is 9.59 Å². The van der Waals surface area contributed by atoms with Gasteiger partial charge in [0.25, 0.3) is 0 Å². The van der Waals surface area contributed by atoms with E-state index in [0.717, 1.165) is 25.9 Å². The lowest BCUT2D eigenvalue weighted by atomic mass is 10.1. The maximum Gasteiger partial charge on any atom is 0.232 e. The second-order valence-corrected chi connectivity index (χ2v) is 3.91. The summed E-state index contributed by atoms with van der Waals surface area (Å²) in [4.78, 5) is 26.1. The zero-order valence-electron chi connectivity index (χ0n) is 8.95. The molecule has 0 aromatic rings. The quantitative estimate of drug-likeness (QED) is 0.605. The van der Waals surface area contributed by atoms with Gasteiger partial charge in [-0.3, -0.25) is 9.59 Å². The van der Waals surface area contributed by atoms with Crippen LogP contribution in [0.3, 0.4) is 0 Å². The Bertz CT molecular complexity index is 220. The second-order valence-electron chi connectivity index (χ2n) is 3.91. The molecular weight excluding hydrogens is 180 g/mol. The summed E-state index contributed by atoms with van der Waals surface area (Å²) in [5.41, 5.74) is 0. The van der Waals surface area contributed by atoms with E-state index in [0.29, 0.717) is 0 Å². The van der Waals surface area contributed by atoms with Gasteiger partial charge in [0.2, 0.25) is 11.8 Å². The Morgan fingerprint density at radius 1 is 1.14 bits per heavy atom. The van der Waals surface area contributed by atoms with Crippen molar-refractivity contribution in [3.63, 3.8) is 0 Å². The minimum atomic E-state index is -0.111. The molecule has 0 N–H and O–H groups in total. The van der Waals surface area contributed by atoms with Gasteiger partial charge in [-0.2, -0.15) is 0 Å². The van der Waals surface area contributed by atoms with Crippen molar-refractivity contribution in [3.05, 3.63) is 0 Å². The predicted octanol–water partition coefficient (Wildman–Crippen LogP) is 0.477. The molecule has 0 bridgehead atoms. The number of likely N-dealkylation sites (tertiary alicyclic amines) is 1. The molecule has 14 heavy (non-hydrogen) atoms. The molecule has 4 heteroatoms. The number of carbonyl (C=O) groups is 2. The van der Waals surface area contributed by atoms with Gasteiger partial charge in [-0.25, -0.2) is 0 Å². The molecule has 0 aromatic carbocycles. The summed E-state index contributed by atoms with van der Waals surface area (Å²) in [7, 11) is 3.34. The third kappa shape index (κ3) is 3.01. The summed E-state index contributed by atoms with van der Waals surface area (Å²) in [6, 6.07) is 0. The van der Waals surface area contributed by atoms with Gasteiger partial charge < -0.3 is 9.80 Å². The van der Waals surface area contributed by atoms with E-state index in [1.807, 2.05) is 0 Å². The summed E-state index contributed by atoms with van der Waals surface area (Å²) < 4.78 is 0. The zero-order valence-corrected chi connectivity index (χ0v) is 8.95. The number of rotatable bonds is 2. The van der Waals surface area contributed by atoms with Crippen molar-refractivity contribution in [1.29, 1.82) is 0 Å². The highest BCUT2D eigenvalue weighted by Gasteiger charge is 2.19. The van der Waals surface area contributed by atoms with Gasteiger partial charge in [0.15, 0.2) is 0 Å². The Kier molecular flexibility index (Phi) is 3.92. The molecule has 1 rings (SSSR count). The molecule has 2 amide bonds. The highest BCUT2D eigenvalue weighted by molar-refractivity contribution is 5.96. The lowest BCUT2D eigenvalue weighted by Gasteiger charge is -2.26. The van der Waals surface area contributed by atoms with Crippen LogP contribution in [0.1, 0.15) is 25.7 Å². The normalized spacial score (nSPS) is 16.6. The van der Waals surface area contributed by atoms with Gasteiger partial charge in [0.05, 0.1) is 0 Å². The molecule has 0 spiro atoms. The summed E-state index contributed by atoms with van der Waals surface area (Å²) in [5, 5.41) is 0. The van der Waals surface area contributed by atoms with Crippen molar-refractivity contribution in [2.75, 3.05) is 27.2 Å². The second kappa shape index (κ2) is 4.98. The minimum absolute atomic E-state index is 0.0208. The molecule has 0 aromatic heterocycles. The van der Waals surface area contributed by atoms with Crippen LogP contribution in [0.5, 0.6) is 0 Å². The maximum absolute atomic E-state index is 11.6. The van der Waals surface area contributed by atoms with Crippen LogP contribution in [0.25, 0.3) is 0 Å². The highest BCUT2D eigenvalue weighted by Crippen LogP contribution is 2.09. The van der Waals surface area contributed by atoms with E-state index in [9.17, 15) is 9.59 Å². The van der Waals surface area contributed by atoms with Gasteiger partial charge in [-0.1, -0.05) is 0 Å². The van der Waals surface area contributed by atoms with Crippen LogP contribution in [0.4, 0.5) is 0 Å². The van der Waals surface area contributed by atoms with Gasteiger partial charge in [-0.05, 0) is 19.3 Å². The Morgan fingerprint density at radius 3 is 2.21 bits per heavy atom. The molecule has 1 saturated heterocycles. The average molecular weight is 198 g/mol. The van der Waals surface area contributed by atoms with E-state index in [-0.39, 0.29) is 18.2 Å². The van der Waals surface area contributed by atoms with Crippen LogP contribution in [-0.4, -0.2) is 48.8 Å². The van der Waals surface area contributed by atoms with Gasteiger partial charge >= 0.3 is 0 Å². The molecule has 1 aliphatic heterocycles. The first-order valence-corrected chi connectivity index (χ1v) is 5.09. The van der Waals surface area contributed by atoms with Crippen LogP contribution in [0, 0.1) is 0 Å². The standard InChI is InChI=1S/C10H18N2O2/c1-11(2)9(13)8-10(14)12-6-4-3-5-7-12/h3-8H2,1-2H3. The Labute approximate surface area is 84.9 Å². The van der Waals surface area contributed by atoms with Crippen LogP contribution in [-0.2, 0) is 9.59 Å². The number of carbonyl (C=O) groups excluding carboxylic acids is 2. The van der Waals surface area contributed by atoms with Crippen molar-refractivity contribution in [3.8, 4) is 0 Å².